The molecule has 9 nitrogen and oxygen atoms in total. The topological polar surface area (TPSA) is 122 Å². The Morgan fingerprint density at radius 1 is 1.24 bits per heavy atom. The Morgan fingerprint density at radius 2 is 2.04 bits per heavy atom. The van der Waals surface area contributed by atoms with Crippen molar-refractivity contribution in [3.05, 3.63) is 58.7 Å². The third-order valence-electron chi connectivity index (χ3n) is 2.96. The monoisotopic (exact) mass is 361 g/mol. The van der Waals surface area contributed by atoms with Crippen LogP contribution >= 0.6 is 11.8 Å². The summed E-state index contributed by atoms with van der Waals surface area (Å²) in [5, 5.41) is 18.1. The Balaban J connectivity index is 1.46. The molecule has 0 aliphatic heterocycles. The predicted molar refractivity (Wildman–Crippen MR) is 85.6 cm³/mol. The molecule has 0 fully saturated rings. The van der Waals surface area contributed by atoms with Gasteiger partial charge in [-0.05, 0) is 24.3 Å². The zero-order valence-electron chi connectivity index (χ0n) is 12.7. The summed E-state index contributed by atoms with van der Waals surface area (Å²) in [5.41, 5.74) is -0.00400. The number of rotatable bonds is 7. The van der Waals surface area contributed by atoms with Gasteiger partial charge in [-0.1, -0.05) is 0 Å². The summed E-state index contributed by atoms with van der Waals surface area (Å²) in [5.74, 6) is 0.369. The van der Waals surface area contributed by atoms with E-state index in [1.165, 1.54) is 30.2 Å². The fourth-order valence-corrected chi connectivity index (χ4v) is 2.50. The first kappa shape index (κ1) is 16.7. The minimum atomic E-state index is -0.482. The molecule has 0 aliphatic rings. The van der Waals surface area contributed by atoms with E-state index in [9.17, 15) is 14.9 Å². The van der Waals surface area contributed by atoms with Crippen LogP contribution in [-0.2, 0) is 16.1 Å². The van der Waals surface area contributed by atoms with E-state index in [2.05, 4.69) is 10.2 Å². The van der Waals surface area contributed by atoms with Crippen LogP contribution in [0, 0.1) is 10.1 Å². The van der Waals surface area contributed by atoms with Crippen LogP contribution in [0.2, 0.25) is 0 Å². The molecule has 3 aromatic rings. The second-order valence-corrected chi connectivity index (χ2v) is 5.73. The van der Waals surface area contributed by atoms with Gasteiger partial charge in [-0.25, -0.2) is 0 Å². The highest BCUT2D eigenvalue weighted by Gasteiger charge is 2.13. The lowest BCUT2D eigenvalue weighted by molar-refractivity contribution is -0.384. The first-order valence-corrected chi connectivity index (χ1v) is 7.99. The van der Waals surface area contributed by atoms with Crippen molar-refractivity contribution in [2.45, 2.75) is 11.5 Å². The van der Waals surface area contributed by atoms with Crippen molar-refractivity contribution in [2.75, 3.05) is 5.75 Å². The smallest absolute Gasteiger partial charge is 0.316 e. The maximum Gasteiger partial charge on any atom is 0.316 e. The zero-order valence-corrected chi connectivity index (χ0v) is 13.5. The largest absolute Gasteiger partial charge is 0.459 e. The number of aromatic nitrogens is 2. The molecule has 0 N–H and O–H groups in total. The van der Waals surface area contributed by atoms with Crippen molar-refractivity contribution >= 4 is 23.4 Å². The lowest BCUT2D eigenvalue weighted by Crippen LogP contribution is -2.07. The minimum absolute atomic E-state index is 0.00400. The fraction of sp³-hybridized carbons (Fsp3) is 0.133. The van der Waals surface area contributed by atoms with Gasteiger partial charge >= 0.3 is 5.97 Å². The van der Waals surface area contributed by atoms with Gasteiger partial charge in [-0.3, -0.25) is 14.9 Å². The van der Waals surface area contributed by atoms with Crippen molar-refractivity contribution in [3.8, 4) is 11.7 Å². The molecule has 128 valence electrons. The van der Waals surface area contributed by atoms with Gasteiger partial charge in [0.15, 0.2) is 12.4 Å². The maximum absolute atomic E-state index is 11.7. The van der Waals surface area contributed by atoms with Crippen molar-refractivity contribution < 1.29 is 23.3 Å². The number of nitro groups is 1. The molecule has 0 atom stereocenters. The van der Waals surface area contributed by atoms with Gasteiger partial charge in [0.05, 0.1) is 16.9 Å². The summed E-state index contributed by atoms with van der Waals surface area (Å²) < 4.78 is 15.5. The van der Waals surface area contributed by atoms with E-state index in [4.69, 9.17) is 13.6 Å². The molecule has 0 unspecified atom stereocenters. The number of ether oxygens (including phenoxy) is 1. The lowest BCUT2D eigenvalue weighted by atomic mass is 10.3. The van der Waals surface area contributed by atoms with Crippen molar-refractivity contribution in [2.24, 2.45) is 0 Å². The third kappa shape index (κ3) is 4.44. The summed E-state index contributed by atoms with van der Waals surface area (Å²) in [7, 11) is 0. The van der Waals surface area contributed by atoms with Crippen LogP contribution in [0.1, 0.15) is 5.89 Å². The van der Waals surface area contributed by atoms with Gasteiger partial charge in [-0.15, -0.1) is 22.0 Å². The molecule has 1 aromatic carbocycles. The summed E-state index contributed by atoms with van der Waals surface area (Å²) in [6.07, 6.45) is 1.48. The third-order valence-corrected chi connectivity index (χ3v) is 3.95. The SMILES string of the molecule is O=C(CSc1ccc([N+](=O)[O-])cc1)OCc1nnc(-c2ccco2)o1. The Labute approximate surface area is 145 Å². The van der Waals surface area contributed by atoms with E-state index in [1.54, 1.807) is 24.3 Å². The molecule has 25 heavy (non-hydrogen) atoms. The molecule has 2 aromatic heterocycles. The Morgan fingerprint density at radius 3 is 2.72 bits per heavy atom. The molecule has 0 aliphatic carbocycles. The van der Waals surface area contributed by atoms with Crippen molar-refractivity contribution in [3.63, 3.8) is 0 Å². The molecule has 10 heteroatoms. The number of benzene rings is 1. The summed E-state index contributed by atoms with van der Waals surface area (Å²) in [6.45, 7) is -0.145. The van der Waals surface area contributed by atoms with Crippen LogP contribution in [0.3, 0.4) is 0 Å². The van der Waals surface area contributed by atoms with Gasteiger partial charge in [0.25, 0.3) is 17.5 Å². The summed E-state index contributed by atoms with van der Waals surface area (Å²) in [6, 6.07) is 9.26. The van der Waals surface area contributed by atoms with Crippen molar-refractivity contribution in [1.29, 1.82) is 0 Å². The highest BCUT2D eigenvalue weighted by atomic mass is 32.2. The standard InChI is InChI=1S/C15H11N3O6S/c19-14(9-25-11-5-3-10(4-6-11)18(20)21)23-8-13-16-17-15(24-13)12-2-1-7-22-12/h1-7H,8-9H2. The number of hydrogen-bond donors (Lipinski definition) is 0. The second-order valence-electron chi connectivity index (χ2n) is 4.68. The Bertz CT molecular complexity index is 860. The molecule has 0 spiro atoms. The molecule has 3 rings (SSSR count). The number of carbonyl (C=O) groups is 1. The number of esters is 1. The number of thioether (sulfide) groups is 1. The number of hydrogen-bond acceptors (Lipinski definition) is 9. The number of carbonyl (C=O) groups excluding carboxylic acids is 1. The number of furan rings is 1. The molecular weight excluding hydrogens is 350 g/mol. The fourth-order valence-electron chi connectivity index (χ4n) is 1.80. The highest BCUT2D eigenvalue weighted by molar-refractivity contribution is 8.00. The van der Waals surface area contributed by atoms with E-state index in [0.717, 1.165) is 4.90 Å². The summed E-state index contributed by atoms with van der Waals surface area (Å²) in [4.78, 5) is 22.6. The first-order valence-electron chi connectivity index (χ1n) is 7.01. The maximum atomic E-state index is 11.7. The molecule has 0 saturated heterocycles. The number of non-ortho nitro benzene ring substituents is 1. The van der Waals surface area contributed by atoms with Crippen LogP contribution in [0.25, 0.3) is 11.7 Å². The van der Waals surface area contributed by atoms with E-state index in [-0.39, 0.29) is 29.8 Å². The zero-order chi connectivity index (χ0) is 17.6. The average Bonchev–Trinajstić information content (AvgIpc) is 3.29. The van der Waals surface area contributed by atoms with Gasteiger partial charge in [0.1, 0.15) is 0 Å². The van der Waals surface area contributed by atoms with Crippen LogP contribution in [0.5, 0.6) is 0 Å². The number of nitro benzene ring substituents is 1. The quantitative estimate of drug-likeness (QED) is 0.270. The molecule has 0 bridgehead atoms. The molecule has 0 radical (unpaired) electrons. The second kappa shape index (κ2) is 7.62. The average molecular weight is 361 g/mol. The van der Waals surface area contributed by atoms with Gasteiger partial charge in [0.2, 0.25) is 0 Å². The van der Waals surface area contributed by atoms with Gasteiger partial charge < -0.3 is 13.6 Å². The predicted octanol–water partition coefficient (Wildman–Crippen LogP) is 3.07. The van der Waals surface area contributed by atoms with E-state index < -0.39 is 10.9 Å². The summed E-state index contributed by atoms with van der Waals surface area (Å²) >= 11 is 1.21. The van der Waals surface area contributed by atoms with E-state index >= 15 is 0 Å². The molecular formula is C15H11N3O6S. The first-order chi connectivity index (χ1) is 12.1. The number of nitrogens with zero attached hydrogens (tertiary/aromatic N) is 3. The highest BCUT2D eigenvalue weighted by Crippen LogP contribution is 2.22. The molecule has 0 amide bonds. The van der Waals surface area contributed by atoms with Crippen LogP contribution in [-0.4, -0.2) is 26.8 Å². The normalized spacial score (nSPS) is 10.6. The minimum Gasteiger partial charge on any atom is -0.459 e. The van der Waals surface area contributed by atoms with Crippen molar-refractivity contribution in [1.82, 2.24) is 10.2 Å². The van der Waals surface area contributed by atoms with E-state index in [0.29, 0.717) is 5.76 Å². The molecule has 0 saturated carbocycles. The van der Waals surface area contributed by atoms with Gasteiger partial charge in [-0.2, -0.15) is 0 Å². The Hall–Kier alpha value is -3.14. The van der Waals surface area contributed by atoms with Crippen LogP contribution < -0.4 is 0 Å². The van der Waals surface area contributed by atoms with Gasteiger partial charge in [0, 0.05) is 17.0 Å². The van der Waals surface area contributed by atoms with E-state index in [1.807, 2.05) is 0 Å². The lowest BCUT2D eigenvalue weighted by Gasteiger charge is -2.02. The Kier molecular flexibility index (Phi) is 5.09. The molecule has 2 heterocycles. The van der Waals surface area contributed by atoms with Crippen LogP contribution in [0.15, 0.2) is 56.4 Å². The van der Waals surface area contributed by atoms with Crippen LogP contribution in [0.4, 0.5) is 5.69 Å².